The maximum Gasteiger partial charge on any atom is 0.0741 e. The van der Waals surface area contributed by atoms with Crippen molar-refractivity contribution >= 4 is 23.5 Å². The van der Waals surface area contributed by atoms with E-state index in [0.29, 0.717) is 5.37 Å². The summed E-state index contributed by atoms with van der Waals surface area (Å²) in [5.74, 6) is 1.19. The van der Waals surface area contributed by atoms with Gasteiger partial charge in [-0.05, 0) is 6.92 Å². The van der Waals surface area contributed by atoms with Gasteiger partial charge in [0, 0.05) is 31.6 Å². The monoisotopic (exact) mass is 246 g/mol. The van der Waals surface area contributed by atoms with E-state index in [1.807, 2.05) is 23.5 Å². The molecule has 1 atom stereocenters. The third-order valence-corrected chi connectivity index (χ3v) is 4.76. The van der Waals surface area contributed by atoms with Crippen LogP contribution in [0.3, 0.4) is 0 Å². The van der Waals surface area contributed by atoms with Crippen molar-refractivity contribution in [2.24, 2.45) is 0 Å². The molecule has 0 aromatic heterocycles. The lowest BCUT2D eigenvalue weighted by Crippen LogP contribution is -2.37. The Hall–Kier alpha value is 0.160. The van der Waals surface area contributed by atoms with Crippen LogP contribution in [0.15, 0.2) is 10.4 Å². The van der Waals surface area contributed by atoms with Crippen molar-refractivity contribution in [2.45, 2.75) is 12.3 Å². The average molecular weight is 246 g/mol. The molecule has 0 bridgehead atoms. The lowest BCUT2D eigenvalue weighted by atomic mass is 10.4. The highest BCUT2D eigenvalue weighted by atomic mass is 32.2. The first-order valence-corrected chi connectivity index (χ1v) is 7.27. The summed E-state index contributed by atoms with van der Waals surface area (Å²) < 4.78 is 6.75. The molecular formula is C10H18N2OS2. The molecule has 0 spiro atoms. The minimum absolute atomic E-state index is 0.552. The van der Waals surface area contributed by atoms with Gasteiger partial charge < -0.3 is 10.1 Å². The second kappa shape index (κ2) is 6.03. The highest BCUT2D eigenvalue weighted by Crippen LogP contribution is 2.34. The van der Waals surface area contributed by atoms with Crippen LogP contribution in [0.5, 0.6) is 0 Å². The van der Waals surface area contributed by atoms with Gasteiger partial charge in [-0.15, -0.1) is 11.8 Å². The zero-order chi connectivity index (χ0) is 10.5. The van der Waals surface area contributed by atoms with Crippen molar-refractivity contribution in [3.8, 4) is 0 Å². The molecule has 2 rings (SSSR count). The number of nitrogens with one attached hydrogen (secondary N) is 1. The molecule has 0 radical (unpaired) electrons. The molecule has 15 heavy (non-hydrogen) atoms. The summed E-state index contributed by atoms with van der Waals surface area (Å²) in [4.78, 5) is 2.48. The molecule has 0 aromatic carbocycles. The molecule has 2 aliphatic heterocycles. The molecule has 1 unspecified atom stereocenters. The molecule has 1 fully saturated rings. The Bertz CT molecular complexity index is 229. The van der Waals surface area contributed by atoms with Gasteiger partial charge in [-0.3, -0.25) is 4.90 Å². The van der Waals surface area contributed by atoms with E-state index >= 15 is 0 Å². The SMILES string of the molecule is CC1NC=C(SCCN2CCOCC2)S1. The van der Waals surface area contributed by atoms with Gasteiger partial charge in [0.2, 0.25) is 0 Å². The Morgan fingerprint density at radius 1 is 1.60 bits per heavy atom. The summed E-state index contributed by atoms with van der Waals surface area (Å²) in [6.45, 7) is 7.38. The maximum atomic E-state index is 5.32. The number of ether oxygens (including phenoxy) is 1. The van der Waals surface area contributed by atoms with Crippen LogP contribution in [0.1, 0.15) is 6.92 Å². The molecule has 3 nitrogen and oxygen atoms in total. The molecule has 0 aliphatic carbocycles. The average Bonchev–Trinajstić information content (AvgIpc) is 2.66. The van der Waals surface area contributed by atoms with E-state index in [2.05, 4.69) is 23.3 Å². The van der Waals surface area contributed by atoms with Crippen molar-refractivity contribution in [3.63, 3.8) is 0 Å². The van der Waals surface area contributed by atoms with E-state index in [1.165, 1.54) is 16.5 Å². The Morgan fingerprint density at radius 2 is 2.40 bits per heavy atom. The van der Waals surface area contributed by atoms with Crippen LogP contribution in [0.2, 0.25) is 0 Å². The minimum atomic E-state index is 0.552. The van der Waals surface area contributed by atoms with Crippen molar-refractivity contribution in [1.29, 1.82) is 0 Å². The van der Waals surface area contributed by atoms with Gasteiger partial charge >= 0.3 is 0 Å². The number of rotatable bonds is 4. The Labute approximate surface area is 100.0 Å². The first-order chi connectivity index (χ1) is 7.34. The van der Waals surface area contributed by atoms with Gasteiger partial charge in [0.05, 0.1) is 22.8 Å². The Kier molecular flexibility index (Phi) is 4.68. The lowest BCUT2D eigenvalue weighted by molar-refractivity contribution is 0.0410. The normalized spacial score (nSPS) is 27.5. The third kappa shape index (κ3) is 3.90. The molecule has 0 aromatic rings. The summed E-state index contributed by atoms with van der Waals surface area (Å²) in [6.07, 6.45) is 2.14. The fourth-order valence-corrected chi connectivity index (χ4v) is 3.88. The molecular weight excluding hydrogens is 228 g/mol. The summed E-state index contributed by atoms with van der Waals surface area (Å²) in [5, 5.41) is 3.86. The molecule has 0 amide bonds. The molecule has 1 N–H and O–H groups in total. The third-order valence-electron chi connectivity index (χ3n) is 2.48. The molecule has 2 aliphatic rings. The van der Waals surface area contributed by atoms with Crippen molar-refractivity contribution in [2.75, 3.05) is 38.6 Å². The topological polar surface area (TPSA) is 24.5 Å². The van der Waals surface area contributed by atoms with Crippen molar-refractivity contribution in [3.05, 3.63) is 10.4 Å². The van der Waals surface area contributed by atoms with Crippen LogP contribution in [0.25, 0.3) is 0 Å². The number of thioether (sulfide) groups is 2. The Balaban J connectivity index is 1.58. The van der Waals surface area contributed by atoms with Gasteiger partial charge in [0.15, 0.2) is 0 Å². The van der Waals surface area contributed by atoms with Crippen LogP contribution in [-0.4, -0.2) is 48.9 Å². The van der Waals surface area contributed by atoms with Gasteiger partial charge in [0.25, 0.3) is 0 Å². The first kappa shape index (κ1) is 11.6. The minimum Gasteiger partial charge on any atom is -0.379 e. The van der Waals surface area contributed by atoms with Gasteiger partial charge in [-0.2, -0.15) is 0 Å². The van der Waals surface area contributed by atoms with Crippen LogP contribution < -0.4 is 5.32 Å². The molecule has 0 saturated carbocycles. The summed E-state index contributed by atoms with van der Waals surface area (Å²) in [5.41, 5.74) is 0. The zero-order valence-electron chi connectivity index (χ0n) is 9.07. The quantitative estimate of drug-likeness (QED) is 0.811. The van der Waals surface area contributed by atoms with Gasteiger partial charge in [-0.25, -0.2) is 0 Å². The van der Waals surface area contributed by atoms with Crippen molar-refractivity contribution in [1.82, 2.24) is 10.2 Å². The zero-order valence-corrected chi connectivity index (χ0v) is 10.7. The molecule has 5 heteroatoms. The predicted molar refractivity (Wildman–Crippen MR) is 68.0 cm³/mol. The van der Waals surface area contributed by atoms with E-state index in [9.17, 15) is 0 Å². The van der Waals surface area contributed by atoms with Crippen LogP contribution in [0.4, 0.5) is 0 Å². The van der Waals surface area contributed by atoms with E-state index in [-0.39, 0.29) is 0 Å². The van der Waals surface area contributed by atoms with E-state index < -0.39 is 0 Å². The van der Waals surface area contributed by atoms with E-state index in [4.69, 9.17) is 4.74 Å². The lowest BCUT2D eigenvalue weighted by Gasteiger charge is -2.26. The standard InChI is InChI=1S/C10H18N2OS2/c1-9-11-8-10(15-9)14-7-4-12-2-5-13-6-3-12/h8-9,11H,2-7H2,1H3. The second-order valence-electron chi connectivity index (χ2n) is 3.69. The molecule has 1 saturated heterocycles. The first-order valence-electron chi connectivity index (χ1n) is 5.40. The van der Waals surface area contributed by atoms with Crippen molar-refractivity contribution < 1.29 is 4.74 Å². The highest BCUT2D eigenvalue weighted by Gasteiger charge is 2.14. The molecule has 2 heterocycles. The molecule has 86 valence electrons. The highest BCUT2D eigenvalue weighted by molar-refractivity contribution is 8.22. The summed E-state index contributed by atoms with van der Waals surface area (Å²) in [6, 6.07) is 0. The fourth-order valence-electron chi connectivity index (χ4n) is 1.60. The van der Waals surface area contributed by atoms with Gasteiger partial charge in [0.1, 0.15) is 0 Å². The Morgan fingerprint density at radius 3 is 3.07 bits per heavy atom. The second-order valence-corrected chi connectivity index (χ2v) is 6.47. The summed E-state index contributed by atoms with van der Waals surface area (Å²) in [7, 11) is 0. The summed E-state index contributed by atoms with van der Waals surface area (Å²) >= 11 is 3.88. The fraction of sp³-hybridized carbons (Fsp3) is 0.800. The number of nitrogens with zero attached hydrogens (tertiary/aromatic N) is 1. The van der Waals surface area contributed by atoms with E-state index in [0.717, 1.165) is 26.3 Å². The van der Waals surface area contributed by atoms with Gasteiger partial charge in [-0.1, -0.05) is 11.8 Å². The maximum absolute atomic E-state index is 5.32. The largest absolute Gasteiger partial charge is 0.379 e. The van der Waals surface area contributed by atoms with Crippen LogP contribution >= 0.6 is 23.5 Å². The smallest absolute Gasteiger partial charge is 0.0741 e. The van der Waals surface area contributed by atoms with Crippen LogP contribution in [-0.2, 0) is 4.74 Å². The number of hydrogen-bond acceptors (Lipinski definition) is 5. The van der Waals surface area contributed by atoms with E-state index in [1.54, 1.807) is 0 Å². The number of morpholine rings is 1. The predicted octanol–water partition coefficient (Wildman–Crippen LogP) is 1.53. The number of hydrogen-bond donors (Lipinski definition) is 1. The van der Waals surface area contributed by atoms with Crippen LogP contribution in [0, 0.1) is 0 Å².